The van der Waals surface area contributed by atoms with Gasteiger partial charge in [0.2, 0.25) is 10.0 Å². The molecule has 1 heterocycles. The molecule has 1 aliphatic heterocycles. The largest absolute Gasteiger partial charge is 0.465 e. The number of ether oxygens (including phenoxy) is 1. The Morgan fingerprint density at radius 2 is 1.52 bits per heavy atom. The van der Waals surface area contributed by atoms with Gasteiger partial charge in [0, 0.05) is 30.9 Å². The van der Waals surface area contributed by atoms with Crippen LogP contribution in [0.5, 0.6) is 0 Å². The number of amides is 1. The Kier molecular flexibility index (Phi) is 9.12. The fourth-order valence-corrected chi connectivity index (χ4v) is 6.05. The minimum Gasteiger partial charge on any atom is -0.465 e. The molecule has 10 heteroatoms. The number of fused-ring (bicyclic) bond motifs is 1. The van der Waals surface area contributed by atoms with Gasteiger partial charge in [0.15, 0.2) is 0 Å². The highest BCUT2D eigenvalue weighted by atomic mass is 32.2. The van der Waals surface area contributed by atoms with Gasteiger partial charge in [-0.3, -0.25) is 9.10 Å². The molecule has 0 spiro atoms. The lowest BCUT2D eigenvalue weighted by atomic mass is 9.99. The van der Waals surface area contributed by atoms with Crippen LogP contribution in [0.15, 0.2) is 103 Å². The topological polar surface area (TPSA) is 108 Å². The average Bonchev–Trinajstić information content (AvgIpc) is 3.35. The van der Waals surface area contributed by atoms with E-state index in [-0.39, 0.29) is 5.91 Å². The van der Waals surface area contributed by atoms with E-state index in [0.717, 1.165) is 11.1 Å². The summed E-state index contributed by atoms with van der Waals surface area (Å²) in [6.07, 6.45) is 1.20. The number of likely N-dealkylation sites (N-methyl/N-ethyl adjacent to an activating group) is 1. The Morgan fingerprint density at radius 1 is 0.864 bits per heavy atom. The van der Waals surface area contributed by atoms with Crippen LogP contribution in [0.1, 0.15) is 27.0 Å². The molecule has 5 rings (SSSR count). The lowest BCUT2D eigenvalue weighted by Crippen LogP contribution is -2.36. The molecule has 4 aromatic carbocycles. The highest BCUT2D eigenvalue weighted by Gasteiger charge is 2.29. The Balaban J connectivity index is 1.41. The lowest BCUT2D eigenvalue weighted by Gasteiger charge is -2.26. The Bertz CT molecular complexity index is 1790. The first-order chi connectivity index (χ1) is 21.1. The number of methoxy groups -OCH3 is 1. The molecule has 0 saturated heterocycles. The number of carbonyl (C=O) groups is 2. The van der Waals surface area contributed by atoms with Crippen molar-refractivity contribution < 1.29 is 22.7 Å². The fraction of sp³-hybridized carbons (Fsp3) is 0.176. The Labute approximate surface area is 257 Å². The molecule has 0 bridgehead atoms. The SMILES string of the molecule is COC(=O)c1ccc2c(c1)NC(=O)/C2=C(\Nc1ccc(N(CCN(C)Cc2ccccc2)S(C)(=O)=O)cc1)c1ccccc1. The molecule has 0 saturated carbocycles. The van der Waals surface area contributed by atoms with E-state index in [2.05, 4.69) is 15.5 Å². The molecule has 1 amide bonds. The maximum absolute atomic E-state index is 13.3. The molecule has 9 nitrogen and oxygen atoms in total. The summed E-state index contributed by atoms with van der Waals surface area (Å²) in [5.41, 5.74) is 5.63. The molecule has 0 fully saturated rings. The Hall–Kier alpha value is -4.93. The predicted molar refractivity (Wildman–Crippen MR) is 175 cm³/mol. The van der Waals surface area contributed by atoms with E-state index in [9.17, 15) is 18.0 Å². The minimum atomic E-state index is -3.54. The predicted octanol–water partition coefficient (Wildman–Crippen LogP) is 5.30. The van der Waals surface area contributed by atoms with Crippen molar-refractivity contribution in [3.63, 3.8) is 0 Å². The molecule has 44 heavy (non-hydrogen) atoms. The van der Waals surface area contributed by atoms with E-state index in [1.54, 1.807) is 42.5 Å². The number of sulfonamides is 1. The molecule has 2 N–H and O–H groups in total. The molecular weight excluding hydrogens is 576 g/mol. The first kappa shape index (κ1) is 30.5. The van der Waals surface area contributed by atoms with E-state index >= 15 is 0 Å². The summed E-state index contributed by atoms with van der Waals surface area (Å²) < 4.78 is 31.8. The van der Waals surface area contributed by atoms with E-state index in [1.165, 1.54) is 17.7 Å². The monoisotopic (exact) mass is 610 g/mol. The third-order valence-electron chi connectivity index (χ3n) is 7.30. The van der Waals surface area contributed by atoms with Crippen LogP contribution in [0.25, 0.3) is 11.3 Å². The van der Waals surface area contributed by atoms with Gasteiger partial charge >= 0.3 is 5.97 Å². The van der Waals surface area contributed by atoms with Gasteiger partial charge in [-0.2, -0.15) is 0 Å². The fourth-order valence-electron chi connectivity index (χ4n) is 5.13. The summed E-state index contributed by atoms with van der Waals surface area (Å²) in [4.78, 5) is 27.4. The maximum Gasteiger partial charge on any atom is 0.337 e. The van der Waals surface area contributed by atoms with Crippen molar-refractivity contribution in [2.75, 3.05) is 48.4 Å². The number of nitrogens with zero attached hydrogens (tertiary/aromatic N) is 2. The standard InChI is InChI=1S/C34H34N4O5S/c1-37(23-24-10-6-4-7-11-24)20-21-38(44(3,41)42)28-17-15-27(16-18-28)35-32(25-12-8-5-9-13-25)31-29-19-14-26(34(40)43-2)22-30(29)36-33(31)39/h4-19,22,35H,20-21,23H2,1-3H3,(H,36,39)/b32-31-. The van der Waals surface area contributed by atoms with E-state index < -0.39 is 16.0 Å². The lowest BCUT2D eigenvalue weighted by molar-refractivity contribution is -0.110. The summed E-state index contributed by atoms with van der Waals surface area (Å²) in [7, 11) is -0.267. The van der Waals surface area contributed by atoms with Crippen molar-refractivity contribution in [1.82, 2.24) is 4.90 Å². The number of hydrogen-bond acceptors (Lipinski definition) is 7. The second kappa shape index (κ2) is 13.2. The van der Waals surface area contributed by atoms with E-state index in [1.807, 2.05) is 67.7 Å². The zero-order valence-corrected chi connectivity index (χ0v) is 25.6. The van der Waals surface area contributed by atoms with Crippen LogP contribution in [0, 0.1) is 0 Å². The average molecular weight is 611 g/mol. The van der Waals surface area contributed by atoms with Crippen molar-refractivity contribution in [3.05, 3.63) is 125 Å². The van der Waals surface area contributed by atoms with Crippen LogP contribution >= 0.6 is 0 Å². The number of nitrogens with one attached hydrogen (secondary N) is 2. The van der Waals surface area contributed by atoms with Crippen LogP contribution in [0.2, 0.25) is 0 Å². The molecule has 1 aliphatic rings. The minimum absolute atomic E-state index is 0.290. The number of anilines is 3. The summed E-state index contributed by atoms with van der Waals surface area (Å²) in [5.74, 6) is -0.806. The molecule has 0 unspecified atom stereocenters. The van der Waals surface area contributed by atoms with Crippen molar-refractivity contribution in [2.45, 2.75) is 6.54 Å². The van der Waals surface area contributed by atoms with Gasteiger partial charge < -0.3 is 20.3 Å². The second-order valence-electron chi connectivity index (χ2n) is 10.6. The zero-order chi connectivity index (χ0) is 31.3. The van der Waals surface area contributed by atoms with Crippen LogP contribution in [0.4, 0.5) is 17.1 Å². The van der Waals surface area contributed by atoms with Crippen LogP contribution in [-0.4, -0.2) is 58.7 Å². The second-order valence-corrected chi connectivity index (χ2v) is 12.5. The van der Waals surface area contributed by atoms with Gasteiger partial charge in [-0.1, -0.05) is 66.7 Å². The first-order valence-electron chi connectivity index (χ1n) is 14.0. The third kappa shape index (κ3) is 6.99. The van der Waals surface area contributed by atoms with Gasteiger partial charge in [-0.05, 0) is 54.6 Å². The summed E-state index contributed by atoms with van der Waals surface area (Å²) in [5, 5.41) is 6.25. The van der Waals surface area contributed by atoms with E-state index in [4.69, 9.17) is 4.74 Å². The van der Waals surface area contributed by atoms with Crippen LogP contribution < -0.4 is 14.9 Å². The van der Waals surface area contributed by atoms with Gasteiger partial charge in [0.1, 0.15) is 0 Å². The Morgan fingerprint density at radius 3 is 2.16 bits per heavy atom. The first-order valence-corrected chi connectivity index (χ1v) is 15.9. The molecular formula is C34H34N4O5S. The summed E-state index contributed by atoms with van der Waals surface area (Å²) >= 11 is 0. The number of hydrogen-bond donors (Lipinski definition) is 2. The molecule has 0 radical (unpaired) electrons. The van der Waals surface area contributed by atoms with Gasteiger partial charge in [0.05, 0.1) is 41.6 Å². The third-order valence-corrected chi connectivity index (χ3v) is 8.50. The quantitative estimate of drug-likeness (QED) is 0.175. The molecule has 0 aliphatic carbocycles. The maximum atomic E-state index is 13.3. The number of carbonyl (C=O) groups excluding carboxylic acids is 2. The highest BCUT2D eigenvalue weighted by Crippen LogP contribution is 2.38. The van der Waals surface area contributed by atoms with Crippen LogP contribution in [-0.2, 0) is 26.1 Å². The summed E-state index contributed by atoms with van der Waals surface area (Å²) in [6, 6.07) is 31.5. The highest BCUT2D eigenvalue weighted by molar-refractivity contribution is 7.92. The van der Waals surface area contributed by atoms with Crippen molar-refractivity contribution in [2.24, 2.45) is 0 Å². The normalized spacial score (nSPS) is 13.7. The summed E-state index contributed by atoms with van der Waals surface area (Å²) in [6.45, 7) is 1.54. The van der Waals surface area contributed by atoms with Crippen molar-refractivity contribution >= 4 is 50.2 Å². The molecule has 226 valence electrons. The number of benzene rings is 4. The molecule has 4 aromatic rings. The number of rotatable bonds is 11. The van der Waals surface area contributed by atoms with Crippen molar-refractivity contribution in [3.8, 4) is 0 Å². The smallest absolute Gasteiger partial charge is 0.337 e. The zero-order valence-electron chi connectivity index (χ0n) is 24.8. The van der Waals surface area contributed by atoms with Crippen molar-refractivity contribution in [1.29, 1.82) is 0 Å². The van der Waals surface area contributed by atoms with Gasteiger partial charge in [-0.15, -0.1) is 0 Å². The molecule has 0 aromatic heterocycles. The van der Waals surface area contributed by atoms with E-state index in [0.29, 0.717) is 59.1 Å². The molecule has 0 atom stereocenters. The van der Waals surface area contributed by atoms with Gasteiger partial charge in [-0.25, -0.2) is 13.2 Å². The number of esters is 1. The van der Waals surface area contributed by atoms with Crippen LogP contribution in [0.3, 0.4) is 0 Å². The van der Waals surface area contributed by atoms with Gasteiger partial charge in [0.25, 0.3) is 5.91 Å².